The van der Waals surface area contributed by atoms with E-state index in [0.29, 0.717) is 27.2 Å². The molecule has 0 saturated carbocycles. The van der Waals surface area contributed by atoms with Gasteiger partial charge in [0.1, 0.15) is 5.84 Å². The summed E-state index contributed by atoms with van der Waals surface area (Å²) in [6, 6.07) is 9.22. The van der Waals surface area contributed by atoms with Gasteiger partial charge in [-0.2, -0.15) is 9.52 Å². The zero-order valence-electron chi connectivity index (χ0n) is 24.0. The third-order valence-corrected chi connectivity index (χ3v) is 10.7. The smallest absolute Gasteiger partial charge is 0.412 e. The lowest BCUT2D eigenvalue weighted by atomic mass is 10.1. The molecule has 1 saturated heterocycles. The van der Waals surface area contributed by atoms with Gasteiger partial charge in [-0.15, -0.1) is 21.5 Å². The molecule has 1 unspecified atom stereocenters. The summed E-state index contributed by atoms with van der Waals surface area (Å²) in [7, 11) is -0.690. The second kappa shape index (κ2) is 12.0. The van der Waals surface area contributed by atoms with Gasteiger partial charge in [0.05, 0.1) is 23.7 Å². The number of rotatable bonds is 6. The van der Waals surface area contributed by atoms with Crippen molar-refractivity contribution in [1.29, 1.82) is 5.41 Å². The number of methoxy groups -OCH3 is 1. The van der Waals surface area contributed by atoms with Crippen LogP contribution in [-0.4, -0.2) is 112 Å². The second-order valence-corrected chi connectivity index (χ2v) is 13.7. The van der Waals surface area contributed by atoms with Crippen LogP contribution in [0.25, 0.3) is 10.8 Å². The molecule has 3 N–H and O–H groups in total. The molecule has 0 radical (unpaired) electrons. The first-order chi connectivity index (χ1) is 21.1. The van der Waals surface area contributed by atoms with Crippen LogP contribution < -0.4 is 5.32 Å². The predicted octanol–water partition coefficient (Wildman–Crippen LogP) is 1.24. The van der Waals surface area contributed by atoms with E-state index < -0.39 is 22.2 Å². The molecule has 2 aromatic carbocycles. The number of hydrogen-bond donors (Lipinski definition) is 3. The molecule has 230 valence electrons. The van der Waals surface area contributed by atoms with Crippen molar-refractivity contribution in [2.24, 2.45) is 0 Å². The first-order valence-corrected chi connectivity index (χ1v) is 16.1. The highest BCUT2D eigenvalue weighted by molar-refractivity contribution is 7.89. The lowest BCUT2D eigenvalue weighted by molar-refractivity contribution is 0.0561. The van der Waals surface area contributed by atoms with Crippen molar-refractivity contribution in [3.63, 3.8) is 0 Å². The summed E-state index contributed by atoms with van der Waals surface area (Å²) in [5.74, 6) is 0.00740. The number of hydrogen-bond acceptors (Lipinski definition) is 12. The summed E-state index contributed by atoms with van der Waals surface area (Å²) in [6.07, 6.45) is 0.247. The topological polar surface area (TPSA) is 190 Å². The highest BCUT2D eigenvalue weighted by atomic mass is 32.2. The molecule has 2 aromatic heterocycles. The number of aromatic nitrogens is 5. The van der Waals surface area contributed by atoms with Crippen LogP contribution >= 0.6 is 11.3 Å². The molecular formula is C27H30N10O5S2. The molecule has 2 amide bonds. The quantitative estimate of drug-likeness (QED) is 0.205. The lowest BCUT2D eigenvalue weighted by Gasteiger charge is -2.40. The number of alkyl carbamates (subject to hydrolysis) is 1. The van der Waals surface area contributed by atoms with E-state index in [-0.39, 0.29) is 42.7 Å². The average Bonchev–Trinajstić information content (AvgIpc) is 3.69. The largest absolute Gasteiger partial charge is 0.453 e. The number of benzene rings is 2. The standard InChI is InChI=1S/C27H30N10O5S2/c1-35-8-7-21-22(15-35)43-25(29-21)26(38)37-10-9-36(14-19(37)13-23-31-33-34-32-23)44(40,41)20-6-5-16-11-18(4-3-17(16)12-20)24(28)30-27(39)42-2/h3-6,11-12,19H,7-10,13-15H2,1-2H3,(H2,28,30,39)(H,31,32,33,34). The molecule has 2 aliphatic heterocycles. The molecule has 4 heterocycles. The number of carbonyl (C=O) groups excluding carboxylic acids is 2. The van der Waals surface area contributed by atoms with Crippen LogP contribution in [0.1, 0.15) is 31.8 Å². The van der Waals surface area contributed by atoms with Gasteiger partial charge in [0.15, 0.2) is 10.8 Å². The Morgan fingerprint density at radius 1 is 1.16 bits per heavy atom. The van der Waals surface area contributed by atoms with E-state index in [1.807, 2.05) is 7.05 Å². The number of amidine groups is 1. The summed E-state index contributed by atoms with van der Waals surface area (Å²) >= 11 is 1.40. The van der Waals surface area contributed by atoms with E-state index >= 15 is 0 Å². The maximum atomic E-state index is 13.9. The second-order valence-electron chi connectivity index (χ2n) is 10.6. The normalized spacial score (nSPS) is 17.8. The molecule has 6 rings (SSSR count). The third-order valence-electron chi connectivity index (χ3n) is 7.77. The summed E-state index contributed by atoms with van der Waals surface area (Å²) in [4.78, 5) is 34.9. The fraction of sp³-hybridized carbons (Fsp3) is 0.370. The number of likely N-dealkylation sites (N-methyl/N-ethyl adjacent to an activating group) is 1. The van der Waals surface area contributed by atoms with Crippen LogP contribution in [0.3, 0.4) is 0 Å². The minimum absolute atomic E-state index is 0.0454. The number of amides is 2. The molecule has 1 fully saturated rings. The maximum absolute atomic E-state index is 13.9. The number of nitrogens with zero attached hydrogens (tertiary/aromatic N) is 7. The first kappa shape index (κ1) is 29.7. The molecule has 44 heavy (non-hydrogen) atoms. The molecule has 2 aliphatic rings. The van der Waals surface area contributed by atoms with Crippen LogP contribution in [0.5, 0.6) is 0 Å². The fourth-order valence-electron chi connectivity index (χ4n) is 5.42. The van der Waals surface area contributed by atoms with Gasteiger partial charge < -0.3 is 14.5 Å². The summed E-state index contributed by atoms with van der Waals surface area (Å²) in [6.45, 7) is 1.96. The van der Waals surface area contributed by atoms with Gasteiger partial charge in [-0.1, -0.05) is 23.4 Å². The van der Waals surface area contributed by atoms with Crippen molar-refractivity contribution in [3.8, 4) is 0 Å². The number of nitrogens with one attached hydrogen (secondary N) is 3. The zero-order chi connectivity index (χ0) is 31.0. The maximum Gasteiger partial charge on any atom is 0.412 e. The number of aromatic amines is 1. The van der Waals surface area contributed by atoms with E-state index in [1.165, 1.54) is 28.8 Å². The number of thiazole rings is 1. The van der Waals surface area contributed by atoms with Crippen molar-refractivity contribution in [3.05, 3.63) is 63.4 Å². The van der Waals surface area contributed by atoms with E-state index in [4.69, 9.17) is 5.41 Å². The van der Waals surface area contributed by atoms with E-state index in [9.17, 15) is 18.0 Å². The number of ether oxygens (including phenoxy) is 1. The Hall–Kier alpha value is -4.32. The number of piperazine rings is 1. The van der Waals surface area contributed by atoms with Crippen molar-refractivity contribution in [1.82, 2.24) is 45.0 Å². The van der Waals surface area contributed by atoms with Crippen molar-refractivity contribution in [2.45, 2.75) is 30.3 Å². The number of carbonyl (C=O) groups is 2. The van der Waals surface area contributed by atoms with Crippen molar-refractivity contribution < 1.29 is 22.7 Å². The van der Waals surface area contributed by atoms with Crippen LogP contribution in [0.15, 0.2) is 41.3 Å². The number of fused-ring (bicyclic) bond motifs is 2. The first-order valence-electron chi connectivity index (χ1n) is 13.8. The molecule has 15 nitrogen and oxygen atoms in total. The van der Waals surface area contributed by atoms with E-state index in [0.717, 1.165) is 30.1 Å². The summed E-state index contributed by atoms with van der Waals surface area (Å²) in [5.41, 5.74) is 1.39. The Morgan fingerprint density at radius 3 is 2.73 bits per heavy atom. The van der Waals surface area contributed by atoms with Crippen LogP contribution in [0.2, 0.25) is 0 Å². The van der Waals surface area contributed by atoms with Crippen LogP contribution in [0, 0.1) is 5.41 Å². The molecule has 0 spiro atoms. The highest BCUT2D eigenvalue weighted by Gasteiger charge is 2.38. The van der Waals surface area contributed by atoms with E-state index in [1.54, 1.807) is 35.2 Å². The minimum Gasteiger partial charge on any atom is -0.453 e. The number of H-pyrrole nitrogens is 1. The monoisotopic (exact) mass is 638 g/mol. The van der Waals surface area contributed by atoms with Gasteiger partial charge in [0.25, 0.3) is 5.91 Å². The number of tetrazole rings is 1. The van der Waals surface area contributed by atoms with Gasteiger partial charge in [0.2, 0.25) is 10.0 Å². The summed E-state index contributed by atoms with van der Waals surface area (Å²) < 4.78 is 33.7. The van der Waals surface area contributed by atoms with E-state index in [2.05, 4.69) is 40.6 Å². The van der Waals surface area contributed by atoms with Gasteiger partial charge >= 0.3 is 6.09 Å². The summed E-state index contributed by atoms with van der Waals surface area (Å²) in [5, 5.41) is 26.3. The van der Waals surface area contributed by atoms with Crippen LogP contribution in [0.4, 0.5) is 4.79 Å². The predicted molar refractivity (Wildman–Crippen MR) is 160 cm³/mol. The molecule has 4 aromatic rings. The van der Waals surface area contributed by atoms with Crippen molar-refractivity contribution in [2.75, 3.05) is 40.3 Å². The Kier molecular flexibility index (Phi) is 8.10. The third kappa shape index (κ3) is 5.90. The minimum atomic E-state index is -3.94. The fourth-order valence-corrected chi connectivity index (χ4v) is 8.07. The highest BCUT2D eigenvalue weighted by Crippen LogP contribution is 2.29. The zero-order valence-corrected chi connectivity index (χ0v) is 25.6. The van der Waals surface area contributed by atoms with Crippen LogP contribution in [-0.2, 0) is 34.1 Å². The average molecular weight is 639 g/mol. The van der Waals surface area contributed by atoms with Gasteiger partial charge in [-0.05, 0) is 36.0 Å². The number of sulfonamides is 1. The Bertz CT molecular complexity index is 1840. The molecular weight excluding hydrogens is 608 g/mol. The Morgan fingerprint density at radius 2 is 1.95 bits per heavy atom. The van der Waals surface area contributed by atoms with Crippen molar-refractivity contribution >= 4 is 50.0 Å². The SMILES string of the molecule is COC(=O)NC(=N)c1ccc2cc(S(=O)(=O)N3CCN(C(=O)c4nc5c(s4)CN(C)CC5)C(Cc4nn[nH]n4)C3)ccc2c1. The van der Waals surface area contributed by atoms with Gasteiger partial charge in [-0.3, -0.25) is 15.5 Å². The van der Waals surface area contributed by atoms with Gasteiger partial charge in [-0.25, -0.2) is 18.2 Å². The Balaban J connectivity index is 1.23. The molecule has 0 bridgehead atoms. The molecule has 0 aliphatic carbocycles. The molecule has 17 heteroatoms. The molecule has 1 atom stereocenters. The lowest BCUT2D eigenvalue weighted by Crippen LogP contribution is -2.57. The van der Waals surface area contributed by atoms with Gasteiger partial charge in [0, 0.05) is 56.0 Å². The Labute approximate surface area is 256 Å².